The molecule has 320 valence electrons. The molecule has 0 fully saturated rings. The maximum absolute atomic E-state index is 12.5. The summed E-state index contributed by atoms with van der Waals surface area (Å²) in [7, 11) is -3.86. The van der Waals surface area contributed by atoms with E-state index < -0.39 is 26.1 Å². The molecule has 58 heavy (non-hydrogen) atoms. The Bertz CT molecular complexity index is 2050. The van der Waals surface area contributed by atoms with Crippen LogP contribution >= 0.6 is 0 Å². The Morgan fingerprint density at radius 1 is 0.690 bits per heavy atom. The van der Waals surface area contributed by atoms with Crippen molar-refractivity contribution in [1.29, 1.82) is 0 Å². The van der Waals surface area contributed by atoms with Crippen molar-refractivity contribution in [2.75, 3.05) is 44.0 Å². The number of primary sulfonamides is 1. The van der Waals surface area contributed by atoms with E-state index in [0.29, 0.717) is 19.5 Å². The molecule has 0 radical (unpaired) electrons. The fourth-order valence-electron chi connectivity index (χ4n) is 8.36. The van der Waals surface area contributed by atoms with Crippen LogP contribution < -0.4 is 15.2 Å². The van der Waals surface area contributed by atoms with Crippen LogP contribution in [0.25, 0.3) is 0 Å². The summed E-state index contributed by atoms with van der Waals surface area (Å²) in [6, 6.07) is 3.90. The molecule has 4 aliphatic rings. The maximum Gasteiger partial charge on any atom is 0.332 e. The van der Waals surface area contributed by atoms with Gasteiger partial charge in [0.1, 0.15) is 0 Å². The normalized spacial score (nSPS) is 14.8. The van der Waals surface area contributed by atoms with Crippen molar-refractivity contribution in [2.45, 2.75) is 118 Å². The number of hydrogen-bond acceptors (Lipinski definition) is 9. The highest BCUT2D eigenvalue weighted by Crippen LogP contribution is 2.40. The molecule has 2 aromatic carbocycles. The molecule has 0 unspecified atom stereocenters. The number of amides is 4. The number of nitrogens with zero attached hydrogens (tertiary/aromatic N) is 3. The van der Waals surface area contributed by atoms with Gasteiger partial charge in [-0.1, -0.05) is 39.8 Å². The van der Waals surface area contributed by atoms with E-state index in [1.807, 2.05) is 0 Å². The smallest absolute Gasteiger partial charge is 0.332 e. The average molecular weight is 843 g/mol. The van der Waals surface area contributed by atoms with Gasteiger partial charge in [-0.05, 0) is 134 Å². The topological polar surface area (TPSA) is 205 Å². The third-order valence-electron chi connectivity index (χ3n) is 11.1. The van der Waals surface area contributed by atoms with Crippen LogP contribution in [0.1, 0.15) is 111 Å². The van der Waals surface area contributed by atoms with Crippen molar-refractivity contribution in [3.05, 3.63) is 56.6 Å². The fourth-order valence-corrected chi connectivity index (χ4v) is 9.84. The highest BCUT2D eigenvalue weighted by molar-refractivity contribution is 7.90. The third kappa shape index (κ3) is 12.9. The Labute approximate surface area is 344 Å². The number of rotatable bonds is 13. The maximum atomic E-state index is 12.5. The molecule has 4 aliphatic carbocycles. The monoisotopic (exact) mass is 842 g/mol. The molecule has 0 saturated heterocycles. The summed E-state index contributed by atoms with van der Waals surface area (Å²) in [5.41, 5.74) is 12.1. The molecule has 0 aliphatic heterocycles. The quantitative estimate of drug-likeness (QED) is 0.184. The second kappa shape index (κ2) is 20.7. The zero-order chi connectivity index (χ0) is 42.8. The molecule has 14 nitrogen and oxygen atoms in total. The van der Waals surface area contributed by atoms with Crippen LogP contribution in [0.5, 0.6) is 0 Å². The Kier molecular flexibility index (Phi) is 16.6. The van der Waals surface area contributed by atoms with Gasteiger partial charge in [-0.2, -0.15) is 4.99 Å². The summed E-state index contributed by atoms with van der Waals surface area (Å²) >= 11 is 0. The second-order valence-corrected chi connectivity index (χ2v) is 20.0. The van der Waals surface area contributed by atoms with Gasteiger partial charge in [-0.3, -0.25) is 9.59 Å². The molecule has 4 N–H and O–H groups in total. The number of benzene rings is 2. The van der Waals surface area contributed by atoms with Crippen molar-refractivity contribution >= 4 is 55.3 Å². The lowest BCUT2D eigenvalue weighted by Crippen LogP contribution is -2.38. The zero-order valence-electron chi connectivity index (χ0n) is 35.0. The zero-order valence-corrected chi connectivity index (χ0v) is 36.7. The van der Waals surface area contributed by atoms with Crippen LogP contribution in [-0.4, -0.2) is 89.3 Å². The number of hydrogen-bond donors (Lipinski definition) is 3. The summed E-state index contributed by atoms with van der Waals surface area (Å²) < 4.78 is 47.9. The third-order valence-corrected chi connectivity index (χ3v) is 13.3. The minimum Gasteiger partial charge on any atom is -0.346 e. The van der Waals surface area contributed by atoms with E-state index >= 15 is 0 Å². The SMILES string of the molecule is CC(C)C(=O)N(C)CCCS(=O)(=O)NC(=O)Nc1c2c(cc3c1CCC3)CCC2.CC(C)C(=O)N(C)CCCS(N)(=O)=O.O=C=Nc1c2c(cc3c1CCC3)CCC2. The summed E-state index contributed by atoms with van der Waals surface area (Å²) in [6.07, 6.45) is 15.3. The average Bonchev–Trinajstić information content (AvgIpc) is 3.98. The minimum absolute atomic E-state index is 0.0134. The first-order valence-corrected chi connectivity index (χ1v) is 23.9. The number of carbonyl (C=O) groups is 3. The standard InChI is InChI=1S/C21H31N3O4S.C13H13NO.C8H18N2O3S/c1-14(2)20(25)24(3)11-6-12-29(27,28)23-21(26)22-19-17-9-4-7-15(17)13-16-8-5-10-18(16)19;15-8-14-13-11-5-1-3-9(11)7-10-4-2-6-12(10)13;1-7(2)8(11)10(3)5-4-6-14(9,12)13/h13-14H,4-12H2,1-3H3,(H2,22,23,26);7H,1-6H2;7H,4-6H2,1-3H3,(H2,9,12,13). The molecular weight excluding hydrogens is 781 g/mol. The van der Waals surface area contributed by atoms with Crippen molar-refractivity contribution in [2.24, 2.45) is 22.0 Å². The van der Waals surface area contributed by atoms with Crippen molar-refractivity contribution in [1.82, 2.24) is 14.5 Å². The number of carbonyl (C=O) groups excluding carboxylic acids is 4. The molecule has 0 saturated carbocycles. The van der Waals surface area contributed by atoms with Gasteiger partial charge in [0.05, 0.1) is 17.2 Å². The summed E-state index contributed by atoms with van der Waals surface area (Å²) in [5, 5.41) is 7.66. The van der Waals surface area contributed by atoms with Crippen LogP contribution in [0.4, 0.5) is 16.2 Å². The van der Waals surface area contributed by atoms with Crippen LogP contribution in [0, 0.1) is 11.8 Å². The van der Waals surface area contributed by atoms with Crippen molar-refractivity contribution < 1.29 is 36.0 Å². The first-order chi connectivity index (χ1) is 27.3. The number of aryl methyl sites for hydroxylation is 4. The summed E-state index contributed by atoms with van der Waals surface area (Å²) in [4.78, 5) is 53.1. The Morgan fingerprint density at radius 3 is 1.48 bits per heavy atom. The lowest BCUT2D eigenvalue weighted by Gasteiger charge is -2.19. The van der Waals surface area contributed by atoms with Crippen molar-refractivity contribution in [3.8, 4) is 0 Å². The van der Waals surface area contributed by atoms with Crippen molar-refractivity contribution in [3.63, 3.8) is 0 Å². The van der Waals surface area contributed by atoms with Gasteiger partial charge < -0.3 is 15.1 Å². The highest BCUT2D eigenvalue weighted by Gasteiger charge is 2.27. The van der Waals surface area contributed by atoms with E-state index in [-0.39, 0.29) is 41.6 Å². The summed E-state index contributed by atoms with van der Waals surface area (Å²) in [5.74, 6) is -0.493. The molecule has 0 aromatic heterocycles. The van der Waals surface area contributed by atoms with E-state index in [1.165, 1.54) is 56.0 Å². The van der Waals surface area contributed by atoms with Crippen LogP contribution in [0.3, 0.4) is 0 Å². The fraction of sp³-hybridized carbons (Fsp3) is 0.619. The Balaban J connectivity index is 0.000000215. The number of isocyanates is 1. The first kappa shape index (κ1) is 46.6. The number of anilines is 1. The highest BCUT2D eigenvalue weighted by atomic mass is 32.2. The van der Waals surface area contributed by atoms with Crippen LogP contribution in [0.2, 0.25) is 0 Å². The number of urea groups is 1. The number of sulfonamides is 2. The lowest BCUT2D eigenvalue weighted by atomic mass is 9.99. The van der Waals surface area contributed by atoms with E-state index in [0.717, 1.165) is 86.7 Å². The van der Waals surface area contributed by atoms with Crippen LogP contribution in [-0.2, 0) is 85.8 Å². The van der Waals surface area contributed by atoms with Gasteiger partial charge in [-0.25, -0.2) is 36.3 Å². The number of aliphatic imine (C=N–C) groups is 1. The lowest BCUT2D eigenvalue weighted by molar-refractivity contribution is -0.133. The van der Waals surface area contributed by atoms with E-state index in [2.05, 4.69) is 27.2 Å². The predicted molar refractivity (Wildman–Crippen MR) is 227 cm³/mol. The van der Waals surface area contributed by atoms with E-state index in [4.69, 9.17) is 5.14 Å². The van der Waals surface area contributed by atoms with Gasteiger partial charge >= 0.3 is 6.03 Å². The minimum atomic E-state index is -3.77. The van der Waals surface area contributed by atoms with Gasteiger partial charge in [0.15, 0.2) is 0 Å². The number of nitrogens with one attached hydrogen (secondary N) is 2. The Morgan fingerprint density at radius 2 is 1.09 bits per heavy atom. The first-order valence-electron chi connectivity index (χ1n) is 20.5. The molecule has 4 amide bonds. The molecule has 2 aromatic rings. The molecule has 16 heteroatoms. The second-order valence-electron chi connectivity index (χ2n) is 16.4. The molecule has 6 rings (SSSR count). The number of fused-ring (bicyclic) bond motifs is 4. The summed E-state index contributed by atoms with van der Waals surface area (Å²) in [6.45, 7) is 7.97. The molecular formula is C42H62N6O8S2. The van der Waals surface area contributed by atoms with Gasteiger partial charge in [0.25, 0.3) is 0 Å². The van der Waals surface area contributed by atoms with Gasteiger partial charge in [0, 0.05) is 44.7 Å². The largest absolute Gasteiger partial charge is 0.346 e. The molecule has 0 heterocycles. The number of nitrogens with two attached hydrogens (primary N) is 1. The molecule has 0 atom stereocenters. The van der Waals surface area contributed by atoms with E-state index in [9.17, 15) is 36.0 Å². The van der Waals surface area contributed by atoms with Gasteiger partial charge in [0.2, 0.25) is 37.9 Å². The predicted octanol–water partition coefficient (Wildman–Crippen LogP) is 5.03. The van der Waals surface area contributed by atoms with E-state index in [1.54, 1.807) is 47.9 Å². The molecule has 0 bridgehead atoms. The molecule has 0 spiro atoms. The van der Waals surface area contributed by atoms with Crippen LogP contribution in [0.15, 0.2) is 17.1 Å². The Hall–Kier alpha value is -4.11. The van der Waals surface area contributed by atoms with Gasteiger partial charge in [-0.15, -0.1) is 0 Å².